The van der Waals surface area contributed by atoms with Gasteiger partial charge in [-0.1, -0.05) is 24.3 Å². The molecule has 0 spiro atoms. The SMILES string of the molecule is C[C@@H](c1ccc(F)cc1)N1CCC(CCCNS(C)(=O)=O)(c2ccc(F)cc2)OC1=O. The van der Waals surface area contributed by atoms with E-state index in [-0.39, 0.29) is 18.4 Å². The second-order valence-electron chi connectivity index (χ2n) is 7.81. The van der Waals surface area contributed by atoms with Crippen LogP contribution in [0, 0.1) is 11.6 Å². The van der Waals surface area contributed by atoms with Gasteiger partial charge in [0.1, 0.15) is 17.2 Å². The molecule has 1 fully saturated rings. The van der Waals surface area contributed by atoms with Crippen LogP contribution in [0.25, 0.3) is 0 Å². The van der Waals surface area contributed by atoms with Gasteiger partial charge in [-0.25, -0.2) is 26.7 Å². The van der Waals surface area contributed by atoms with E-state index in [2.05, 4.69) is 4.72 Å². The molecular weight excluding hydrogens is 426 g/mol. The summed E-state index contributed by atoms with van der Waals surface area (Å²) in [7, 11) is -3.32. The highest BCUT2D eigenvalue weighted by Gasteiger charge is 2.43. The molecule has 1 aliphatic heterocycles. The molecule has 1 saturated heterocycles. The lowest BCUT2D eigenvalue weighted by molar-refractivity contribution is -0.0662. The van der Waals surface area contributed by atoms with Crippen molar-refractivity contribution in [2.75, 3.05) is 19.3 Å². The van der Waals surface area contributed by atoms with E-state index in [9.17, 15) is 22.0 Å². The van der Waals surface area contributed by atoms with Gasteiger partial charge in [-0.2, -0.15) is 0 Å². The van der Waals surface area contributed by atoms with Crippen LogP contribution in [-0.2, 0) is 20.4 Å². The fourth-order valence-electron chi connectivity index (χ4n) is 3.85. The molecule has 2 aromatic rings. The number of carbonyl (C=O) groups is 1. The summed E-state index contributed by atoms with van der Waals surface area (Å²) in [6.45, 7) is 2.43. The summed E-state index contributed by atoms with van der Waals surface area (Å²) in [5, 5.41) is 0. The van der Waals surface area contributed by atoms with E-state index in [1.807, 2.05) is 6.92 Å². The second kappa shape index (κ2) is 9.32. The predicted octanol–water partition coefficient (Wildman–Crippen LogP) is 4.09. The van der Waals surface area contributed by atoms with Crippen molar-refractivity contribution in [2.45, 2.75) is 37.8 Å². The molecule has 3 rings (SSSR count). The van der Waals surface area contributed by atoms with Gasteiger partial charge < -0.3 is 9.64 Å². The van der Waals surface area contributed by atoms with E-state index < -0.39 is 27.5 Å². The van der Waals surface area contributed by atoms with E-state index in [4.69, 9.17) is 4.74 Å². The Kier molecular flexibility index (Phi) is 6.96. The summed E-state index contributed by atoms with van der Waals surface area (Å²) in [5.74, 6) is -0.749. The molecule has 1 unspecified atom stereocenters. The number of benzene rings is 2. The van der Waals surface area contributed by atoms with Crippen LogP contribution in [0.2, 0.25) is 0 Å². The first-order valence-corrected chi connectivity index (χ1v) is 11.9. The number of carbonyl (C=O) groups excluding carboxylic acids is 1. The molecule has 2 atom stereocenters. The summed E-state index contributed by atoms with van der Waals surface area (Å²) < 4.78 is 57.7. The number of nitrogens with zero attached hydrogens (tertiary/aromatic N) is 1. The Morgan fingerprint density at radius 1 is 1.10 bits per heavy atom. The van der Waals surface area contributed by atoms with Crippen LogP contribution < -0.4 is 4.72 Å². The first-order chi connectivity index (χ1) is 14.6. The van der Waals surface area contributed by atoms with Crippen LogP contribution in [-0.4, -0.2) is 38.8 Å². The van der Waals surface area contributed by atoms with Gasteiger partial charge in [0, 0.05) is 19.5 Å². The minimum Gasteiger partial charge on any atom is -0.438 e. The topological polar surface area (TPSA) is 75.7 Å². The minimum atomic E-state index is -3.32. The Hall–Kier alpha value is -2.52. The highest BCUT2D eigenvalue weighted by molar-refractivity contribution is 7.88. The monoisotopic (exact) mass is 452 g/mol. The maximum atomic E-state index is 13.5. The van der Waals surface area contributed by atoms with Crippen LogP contribution in [0.1, 0.15) is 43.4 Å². The highest BCUT2D eigenvalue weighted by atomic mass is 32.2. The van der Waals surface area contributed by atoms with Crippen molar-refractivity contribution in [1.82, 2.24) is 9.62 Å². The lowest BCUT2D eigenvalue weighted by Crippen LogP contribution is -2.49. The first-order valence-electron chi connectivity index (χ1n) is 10.1. The van der Waals surface area contributed by atoms with E-state index in [0.29, 0.717) is 31.4 Å². The van der Waals surface area contributed by atoms with Gasteiger partial charge in [0.2, 0.25) is 10.0 Å². The molecule has 0 aromatic heterocycles. The molecule has 168 valence electrons. The Labute approximate surface area is 181 Å². The lowest BCUT2D eigenvalue weighted by Gasteiger charge is -2.43. The molecule has 1 heterocycles. The van der Waals surface area contributed by atoms with Crippen molar-refractivity contribution in [1.29, 1.82) is 0 Å². The summed E-state index contributed by atoms with van der Waals surface area (Å²) in [4.78, 5) is 14.5. The number of hydrogen-bond acceptors (Lipinski definition) is 4. The van der Waals surface area contributed by atoms with Gasteiger partial charge in [0.15, 0.2) is 0 Å². The third-order valence-electron chi connectivity index (χ3n) is 5.59. The summed E-state index contributed by atoms with van der Waals surface area (Å²) in [6.07, 6.45) is 1.83. The fraction of sp³-hybridized carbons (Fsp3) is 0.409. The predicted molar refractivity (Wildman–Crippen MR) is 113 cm³/mol. The van der Waals surface area contributed by atoms with Gasteiger partial charge in [0.25, 0.3) is 0 Å². The Balaban J connectivity index is 1.78. The van der Waals surface area contributed by atoms with Gasteiger partial charge >= 0.3 is 6.09 Å². The second-order valence-corrected chi connectivity index (χ2v) is 9.64. The van der Waals surface area contributed by atoms with Gasteiger partial charge in [0.05, 0.1) is 12.3 Å². The summed E-state index contributed by atoms with van der Waals surface area (Å²) in [6, 6.07) is 11.4. The molecule has 2 aromatic carbocycles. The fourth-order valence-corrected chi connectivity index (χ4v) is 4.37. The molecule has 0 aliphatic carbocycles. The maximum Gasteiger partial charge on any atom is 0.411 e. The number of sulfonamides is 1. The molecule has 9 heteroatoms. The van der Waals surface area contributed by atoms with Crippen LogP contribution >= 0.6 is 0 Å². The summed E-state index contributed by atoms with van der Waals surface area (Å²) >= 11 is 0. The Bertz CT molecular complexity index is 1010. The highest BCUT2D eigenvalue weighted by Crippen LogP contribution is 2.40. The molecule has 6 nitrogen and oxygen atoms in total. The van der Waals surface area contributed by atoms with Gasteiger partial charge in [-0.05, 0) is 55.2 Å². The number of amides is 1. The van der Waals surface area contributed by atoms with Crippen LogP contribution in [0.15, 0.2) is 48.5 Å². The molecule has 0 bridgehead atoms. The number of ether oxygens (including phenoxy) is 1. The van der Waals surface area contributed by atoms with Crippen LogP contribution in [0.3, 0.4) is 0 Å². The zero-order valence-corrected chi connectivity index (χ0v) is 18.3. The molecule has 31 heavy (non-hydrogen) atoms. The van der Waals surface area contributed by atoms with Crippen molar-refractivity contribution in [2.24, 2.45) is 0 Å². The van der Waals surface area contributed by atoms with Crippen molar-refractivity contribution in [3.05, 3.63) is 71.3 Å². The largest absolute Gasteiger partial charge is 0.438 e. The third kappa shape index (κ3) is 5.80. The van der Waals surface area contributed by atoms with Crippen molar-refractivity contribution < 1.29 is 26.7 Å². The molecule has 0 radical (unpaired) electrons. The first kappa shape index (κ1) is 23.1. The number of nitrogens with one attached hydrogen (secondary N) is 1. The quantitative estimate of drug-likeness (QED) is 0.612. The average molecular weight is 453 g/mol. The lowest BCUT2D eigenvalue weighted by atomic mass is 9.84. The number of cyclic esters (lactones) is 1. The molecule has 1 N–H and O–H groups in total. The van der Waals surface area contributed by atoms with E-state index in [0.717, 1.165) is 11.8 Å². The summed E-state index contributed by atoms with van der Waals surface area (Å²) in [5.41, 5.74) is 0.462. The molecule has 0 saturated carbocycles. The van der Waals surface area contributed by atoms with Crippen molar-refractivity contribution in [3.8, 4) is 0 Å². The smallest absolute Gasteiger partial charge is 0.411 e. The van der Waals surface area contributed by atoms with E-state index >= 15 is 0 Å². The Morgan fingerprint density at radius 2 is 1.68 bits per heavy atom. The average Bonchev–Trinajstić information content (AvgIpc) is 2.71. The van der Waals surface area contributed by atoms with E-state index in [1.54, 1.807) is 29.2 Å². The molecule has 1 aliphatic rings. The standard InChI is InChI=1S/C22H26F2N2O4S/c1-16(17-4-8-19(23)9-5-17)26-15-13-22(30-21(26)27,12-3-14-25-31(2,28)29)18-6-10-20(24)11-7-18/h4-11,16,25H,3,12-15H2,1-2H3/t16-,22?/m0/s1. The number of halogens is 2. The zero-order valence-electron chi connectivity index (χ0n) is 17.5. The molecular formula is C22H26F2N2O4S. The third-order valence-corrected chi connectivity index (χ3v) is 6.31. The van der Waals surface area contributed by atoms with Crippen LogP contribution in [0.5, 0.6) is 0 Å². The minimum absolute atomic E-state index is 0.203. The van der Waals surface area contributed by atoms with Gasteiger partial charge in [-0.3, -0.25) is 0 Å². The van der Waals surface area contributed by atoms with Gasteiger partial charge in [-0.15, -0.1) is 0 Å². The van der Waals surface area contributed by atoms with Crippen molar-refractivity contribution >= 4 is 16.1 Å². The molecule has 1 amide bonds. The maximum absolute atomic E-state index is 13.5. The van der Waals surface area contributed by atoms with Crippen molar-refractivity contribution in [3.63, 3.8) is 0 Å². The number of rotatable bonds is 8. The Morgan fingerprint density at radius 3 is 2.23 bits per heavy atom. The van der Waals surface area contributed by atoms with Crippen LogP contribution in [0.4, 0.5) is 13.6 Å². The number of hydrogen-bond donors (Lipinski definition) is 1. The van der Waals surface area contributed by atoms with E-state index in [1.165, 1.54) is 24.3 Å². The normalized spacial score (nSPS) is 20.4. The zero-order chi connectivity index (χ0) is 22.6.